The highest BCUT2D eigenvalue weighted by Crippen LogP contribution is 2.40. The van der Waals surface area contributed by atoms with E-state index in [1.807, 2.05) is 0 Å². The van der Waals surface area contributed by atoms with E-state index in [2.05, 4.69) is 10.0 Å². The topological polar surface area (TPSA) is 122 Å². The Hall–Kier alpha value is -1.79. The average molecular weight is 271 g/mol. The van der Waals surface area contributed by atoms with Crippen molar-refractivity contribution < 1.29 is 24.2 Å². The molecule has 0 aromatic rings. The first kappa shape index (κ1) is 15.3. The molecule has 0 unspecified atom stereocenters. The molecule has 1 fully saturated rings. The van der Waals surface area contributed by atoms with Crippen LogP contribution >= 0.6 is 0 Å². The summed E-state index contributed by atoms with van der Waals surface area (Å²) >= 11 is 0. The maximum absolute atomic E-state index is 10.9. The van der Waals surface area contributed by atoms with Gasteiger partial charge in [0.15, 0.2) is 0 Å². The van der Waals surface area contributed by atoms with Crippen LogP contribution in [0.3, 0.4) is 0 Å². The number of hydrogen-bond donors (Lipinski definition) is 1. The van der Waals surface area contributed by atoms with Gasteiger partial charge in [-0.25, -0.2) is 0 Å². The number of carbonyl (C=O) groups is 2. The summed E-state index contributed by atoms with van der Waals surface area (Å²) in [6, 6.07) is -0.601. The lowest BCUT2D eigenvalue weighted by Crippen LogP contribution is -2.32. The highest BCUT2D eigenvalue weighted by Gasteiger charge is 2.46. The standard InChI is InChI=1S/C11H17N3O5/c1-7(15)18-5-11(6-19-8(2)16)3-9(13-14-12)10(17)4-11/h9-10,17H,3-6H2,1-2H3/t9-,10+/m1/s1. The molecule has 1 saturated carbocycles. The van der Waals surface area contributed by atoms with Gasteiger partial charge in [-0.2, -0.15) is 0 Å². The van der Waals surface area contributed by atoms with Crippen LogP contribution in [0.5, 0.6) is 0 Å². The minimum Gasteiger partial charge on any atom is -0.465 e. The molecule has 1 aliphatic carbocycles. The fourth-order valence-corrected chi connectivity index (χ4v) is 2.21. The molecule has 1 aliphatic rings. The van der Waals surface area contributed by atoms with E-state index in [1.54, 1.807) is 0 Å². The zero-order chi connectivity index (χ0) is 14.5. The summed E-state index contributed by atoms with van der Waals surface area (Å²) < 4.78 is 9.92. The molecule has 0 bridgehead atoms. The Morgan fingerprint density at radius 3 is 2.26 bits per heavy atom. The van der Waals surface area contributed by atoms with Crippen molar-refractivity contribution in [3.05, 3.63) is 10.4 Å². The number of esters is 2. The number of hydrogen-bond acceptors (Lipinski definition) is 6. The quantitative estimate of drug-likeness (QED) is 0.345. The second-order valence-electron chi connectivity index (χ2n) is 4.81. The molecule has 0 aromatic carbocycles. The minimum absolute atomic E-state index is 0.0180. The van der Waals surface area contributed by atoms with Crippen LogP contribution in [-0.4, -0.2) is 42.4 Å². The second kappa shape index (κ2) is 6.40. The maximum Gasteiger partial charge on any atom is 0.302 e. The monoisotopic (exact) mass is 271 g/mol. The first-order valence-electron chi connectivity index (χ1n) is 5.87. The van der Waals surface area contributed by atoms with Gasteiger partial charge in [-0.05, 0) is 18.4 Å². The SMILES string of the molecule is CC(=O)OCC1(COC(C)=O)C[C@H](O)[C@H](N=[N+]=[N-])C1. The Morgan fingerprint density at radius 2 is 1.84 bits per heavy atom. The molecular formula is C11H17N3O5. The average Bonchev–Trinajstić information content (AvgIpc) is 2.63. The molecule has 0 spiro atoms. The summed E-state index contributed by atoms with van der Waals surface area (Å²) in [6.45, 7) is 2.58. The van der Waals surface area contributed by atoms with Crippen molar-refractivity contribution in [2.45, 2.75) is 38.8 Å². The summed E-state index contributed by atoms with van der Waals surface area (Å²) in [7, 11) is 0. The highest BCUT2D eigenvalue weighted by molar-refractivity contribution is 5.66. The minimum atomic E-state index is -0.831. The molecule has 0 heterocycles. The highest BCUT2D eigenvalue weighted by atomic mass is 16.5. The molecule has 1 N–H and O–H groups in total. The Labute approximate surface area is 110 Å². The van der Waals surface area contributed by atoms with Crippen LogP contribution in [0.2, 0.25) is 0 Å². The summed E-state index contributed by atoms with van der Waals surface area (Å²) in [4.78, 5) is 24.5. The van der Waals surface area contributed by atoms with Crippen molar-refractivity contribution in [1.29, 1.82) is 0 Å². The first-order chi connectivity index (χ1) is 8.88. The van der Waals surface area contributed by atoms with Crippen LogP contribution in [0.15, 0.2) is 5.11 Å². The third-order valence-corrected chi connectivity index (χ3v) is 3.09. The van der Waals surface area contributed by atoms with E-state index >= 15 is 0 Å². The zero-order valence-corrected chi connectivity index (χ0v) is 10.9. The van der Waals surface area contributed by atoms with Gasteiger partial charge in [0.2, 0.25) is 0 Å². The lowest BCUT2D eigenvalue weighted by Gasteiger charge is -2.27. The number of azide groups is 1. The van der Waals surface area contributed by atoms with Crippen LogP contribution in [0, 0.1) is 5.41 Å². The molecule has 106 valence electrons. The van der Waals surface area contributed by atoms with Crippen molar-refractivity contribution in [3.63, 3.8) is 0 Å². The first-order valence-corrected chi connectivity index (χ1v) is 5.87. The predicted octanol–water partition coefficient (Wildman–Crippen LogP) is 0.933. The van der Waals surface area contributed by atoms with E-state index in [0.717, 1.165) is 0 Å². The molecule has 0 aromatic heterocycles. The third kappa shape index (κ3) is 4.42. The number of nitrogens with zero attached hydrogens (tertiary/aromatic N) is 3. The number of aliphatic hydroxyl groups is 1. The Balaban J connectivity index is 2.78. The van der Waals surface area contributed by atoms with Crippen LogP contribution < -0.4 is 0 Å². The fourth-order valence-electron chi connectivity index (χ4n) is 2.21. The number of rotatable bonds is 5. The van der Waals surface area contributed by atoms with Crippen LogP contribution in [-0.2, 0) is 19.1 Å². The maximum atomic E-state index is 10.9. The molecule has 0 amide bonds. The molecule has 0 saturated heterocycles. The van der Waals surface area contributed by atoms with E-state index < -0.39 is 29.5 Å². The van der Waals surface area contributed by atoms with Gasteiger partial charge in [-0.15, -0.1) is 0 Å². The number of aliphatic hydroxyl groups excluding tert-OH is 1. The largest absolute Gasteiger partial charge is 0.465 e. The fraction of sp³-hybridized carbons (Fsp3) is 0.818. The molecule has 0 radical (unpaired) electrons. The number of carbonyl (C=O) groups excluding carboxylic acids is 2. The van der Waals surface area contributed by atoms with Crippen LogP contribution in [0.4, 0.5) is 0 Å². The molecular weight excluding hydrogens is 254 g/mol. The second-order valence-corrected chi connectivity index (χ2v) is 4.81. The van der Waals surface area contributed by atoms with Gasteiger partial charge >= 0.3 is 11.9 Å². The summed E-state index contributed by atoms with van der Waals surface area (Å²) in [5.74, 6) is -0.909. The van der Waals surface area contributed by atoms with Crippen LogP contribution in [0.25, 0.3) is 10.4 Å². The van der Waals surface area contributed by atoms with Crippen molar-refractivity contribution >= 4 is 11.9 Å². The Kier molecular flexibility index (Phi) is 5.14. The molecule has 8 nitrogen and oxygen atoms in total. The zero-order valence-electron chi connectivity index (χ0n) is 10.9. The Bertz CT molecular complexity index is 387. The van der Waals surface area contributed by atoms with E-state index in [1.165, 1.54) is 13.8 Å². The van der Waals surface area contributed by atoms with Gasteiger partial charge in [0, 0.05) is 24.2 Å². The summed E-state index contributed by atoms with van der Waals surface area (Å²) in [6.07, 6.45) is -0.280. The van der Waals surface area contributed by atoms with Crippen molar-refractivity contribution in [1.82, 2.24) is 0 Å². The molecule has 0 aliphatic heterocycles. The molecule has 19 heavy (non-hydrogen) atoms. The molecule has 1 rings (SSSR count). The Morgan fingerprint density at radius 1 is 1.32 bits per heavy atom. The van der Waals surface area contributed by atoms with Crippen molar-refractivity contribution in [2.24, 2.45) is 10.5 Å². The van der Waals surface area contributed by atoms with Gasteiger partial charge in [0.1, 0.15) is 13.2 Å². The third-order valence-electron chi connectivity index (χ3n) is 3.09. The molecule has 8 heteroatoms. The van der Waals surface area contributed by atoms with Crippen molar-refractivity contribution in [2.75, 3.05) is 13.2 Å². The van der Waals surface area contributed by atoms with E-state index in [4.69, 9.17) is 15.0 Å². The lowest BCUT2D eigenvalue weighted by molar-refractivity contribution is -0.151. The van der Waals surface area contributed by atoms with Crippen molar-refractivity contribution in [3.8, 4) is 0 Å². The number of ether oxygens (including phenoxy) is 2. The van der Waals surface area contributed by atoms with E-state index in [9.17, 15) is 14.7 Å². The lowest BCUT2D eigenvalue weighted by atomic mass is 9.88. The van der Waals surface area contributed by atoms with Gasteiger partial charge in [0.05, 0.1) is 12.1 Å². The molecule has 2 atom stereocenters. The predicted molar refractivity (Wildman–Crippen MR) is 63.9 cm³/mol. The smallest absolute Gasteiger partial charge is 0.302 e. The normalized spacial score (nSPS) is 24.4. The summed E-state index contributed by atoms with van der Waals surface area (Å²) in [5, 5.41) is 13.3. The van der Waals surface area contributed by atoms with Crippen LogP contribution in [0.1, 0.15) is 26.7 Å². The summed E-state index contributed by atoms with van der Waals surface area (Å²) in [5.41, 5.74) is 7.73. The van der Waals surface area contributed by atoms with E-state index in [-0.39, 0.29) is 19.6 Å². The van der Waals surface area contributed by atoms with Gasteiger partial charge in [-0.3, -0.25) is 9.59 Å². The van der Waals surface area contributed by atoms with Gasteiger partial charge in [-0.1, -0.05) is 5.11 Å². The van der Waals surface area contributed by atoms with Gasteiger partial charge < -0.3 is 14.6 Å². The van der Waals surface area contributed by atoms with E-state index in [0.29, 0.717) is 6.42 Å². The van der Waals surface area contributed by atoms with Gasteiger partial charge in [0.25, 0.3) is 0 Å².